The minimum Gasteiger partial charge on any atom is -0.449 e. The van der Waals surface area contributed by atoms with E-state index in [0.29, 0.717) is 28.7 Å². The number of aromatic nitrogens is 1. The van der Waals surface area contributed by atoms with Gasteiger partial charge in [-0.2, -0.15) is 0 Å². The van der Waals surface area contributed by atoms with Crippen LogP contribution in [0.25, 0.3) is 21.5 Å². The number of benzene rings is 2. The van der Waals surface area contributed by atoms with Gasteiger partial charge in [-0.3, -0.25) is 4.79 Å². The van der Waals surface area contributed by atoms with Crippen molar-refractivity contribution >= 4 is 34.1 Å². The normalized spacial score (nSPS) is 11.8. The Kier molecular flexibility index (Phi) is 5.86. The van der Waals surface area contributed by atoms with E-state index < -0.39 is 12.1 Å². The number of carbonyl (C=O) groups excluding carboxylic acids is 2. The molecular formula is C24H20N2O3S. The van der Waals surface area contributed by atoms with Gasteiger partial charge in [-0.1, -0.05) is 54.6 Å². The monoisotopic (exact) mass is 416 g/mol. The van der Waals surface area contributed by atoms with E-state index in [1.807, 2.05) is 72.1 Å². The van der Waals surface area contributed by atoms with Gasteiger partial charge >= 0.3 is 5.97 Å². The van der Waals surface area contributed by atoms with Crippen molar-refractivity contribution in [1.29, 1.82) is 0 Å². The molecule has 0 aliphatic heterocycles. The Labute approximate surface area is 178 Å². The fourth-order valence-electron chi connectivity index (χ4n) is 3.10. The van der Waals surface area contributed by atoms with Crippen molar-refractivity contribution < 1.29 is 14.3 Å². The highest BCUT2D eigenvalue weighted by atomic mass is 32.1. The molecule has 2 heterocycles. The van der Waals surface area contributed by atoms with Crippen molar-refractivity contribution in [2.75, 3.05) is 0 Å². The van der Waals surface area contributed by atoms with Crippen LogP contribution in [0.4, 0.5) is 0 Å². The molecule has 1 amide bonds. The Bertz CT molecular complexity index is 1170. The van der Waals surface area contributed by atoms with Crippen LogP contribution in [0.2, 0.25) is 0 Å². The third-order valence-electron chi connectivity index (χ3n) is 4.67. The number of nitrogens with zero attached hydrogens (tertiary/aromatic N) is 1. The summed E-state index contributed by atoms with van der Waals surface area (Å²) in [6.45, 7) is 1.95. The van der Waals surface area contributed by atoms with Gasteiger partial charge in [0.05, 0.1) is 21.7 Å². The first-order chi connectivity index (χ1) is 14.6. The average Bonchev–Trinajstić information content (AvgIpc) is 3.32. The van der Waals surface area contributed by atoms with E-state index in [0.717, 1.165) is 10.4 Å². The Hall–Kier alpha value is -3.51. The van der Waals surface area contributed by atoms with Gasteiger partial charge in [0, 0.05) is 11.9 Å². The van der Waals surface area contributed by atoms with Crippen molar-refractivity contribution in [3.63, 3.8) is 0 Å². The summed E-state index contributed by atoms with van der Waals surface area (Å²) >= 11 is 1.55. The summed E-state index contributed by atoms with van der Waals surface area (Å²) in [5, 5.41) is 5.46. The van der Waals surface area contributed by atoms with Crippen LogP contribution in [0.5, 0.6) is 0 Å². The van der Waals surface area contributed by atoms with Crippen molar-refractivity contribution in [3.05, 3.63) is 89.3 Å². The van der Waals surface area contributed by atoms with Crippen LogP contribution in [0.1, 0.15) is 22.8 Å². The zero-order chi connectivity index (χ0) is 20.9. The third-order valence-corrected chi connectivity index (χ3v) is 5.56. The summed E-state index contributed by atoms with van der Waals surface area (Å²) in [7, 11) is 0. The van der Waals surface area contributed by atoms with Crippen LogP contribution in [-0.4, -0.2) is 23.0 Å². The number of rotatable bonds is 6. The lowest BCUT2D eigenvalue weighted by molar-refractivity contribution is -0.129. The number of para-hydroxylation sites is 1. The molecule has 1 atom stereocenters. The molecule has 0 bridgehead atoms. The number of esters is 1. The van der Waals surface area contributed by atoms with Crippen molar-refractivity contribution in [2.45, 2.75) is 19.6 Å². The molecule has 0 saturated heterocycles. The molecule has 0 radical (unpaired) electrons. The zero-order valence-corrected chi connectivity index (χ0v) is 17.2. The van der Waals surface area contributed by atoms with Gasteiger partial charge in [0.2, 0.25) is 0 Å². The number of ether oxygens (including phenoxy) is 1. The number of hydrogen-bond donors (Lipinski definition) is 1. The average molecular weight is 417 g/mol. The molecule has 2 aromatic heterocycles. The van der Waals surface area contributed by atoms with E-state index in [2.05, 4.69) is 10.3 Å². The largest absolute Gasteiger partial charge is 0.449 e. The second-order valence-corrected chi connectivity index (χ2v) is 7.75. The van der Waals surface area contributed by atoms with E-state index in [9.17, 15) is 9.59 Å². The predicted octanol–water partition coefficient (Wildman–Crippen LogP) is 4.83. The van der Waals surface area contributed by atoms with Gasteiger partial charge in [0.25, 0.3) is 5.91 Å². The van der Waals surface area contributed by atoms with Crippen LogP contribution in [0.15, 0.2) is 78.2 Å². The van der Waals surface area contributed by atoms with Crippen molar-refractivity contribution in [2.24, 2.45) is 0 Å². The second-order valence-electron chi connectivity index (χ2n) is 6.80. The van der Waals surface area contributed by atoms with Gasteiger partial charge in [-0.25, -0.2) is 9.78 Å². The standard InChI is InChI=1S/C24H20N2O3S/c1-16(23(27)25-15-17-8-3-2-4-9-17)29-24(28)19-14-21(22-12-7-13-30-22)26-20-11-6-5-10-18(19)20/h2-14,16H,15H2,1H3,(H,25,27)/t16-/m0/s1. The number of carbonyl (C=O) groups is 2. The van der Waals surface area contributed by atoms with Crippen LogP contribution in [0.3, 0.4) is 0 Å². The predicted molar refractivity (Wildman–Crippen MR) is 118 cm³/mol. The molecule has 30 heavy (non-hydrogen) atoms. The Balaban J connectivity index is 1.53. The Morgan fingerprint density at radius 1 is 1.03 bits per heavy atom. The van der Waals surface area contributed by atoms with Crippen LogP contribution in [-0.2, 0) is 16.1 Å². The maximum absolute atomic E-state index is 12.9. The first-order valence-corrected chi connectivity index (χ1v) is 10.5. The topological polar surface area (TPSA) is 68.3 Å². The van der Waals surface area contributed by atoms with Gasteiger partial charge in [-0.05, 0) is 36.1 Å². The van der Waals surface area contributed by atoms with Crippen LogP contribution in [0, 0.1) is 0 Å². The second kappa shape index (κ2) is 8.88. The minimum atomic E-state index is -0.918. The van der Waals surface area contributed by atoms with E-state index >= 15 is 0 Å². The molecule has 5 nitrogen and oxygen atoms in total. The molecule has 0 fully saturated rings. The molecule has 0 saturated carbocycles. The summed E-state index contributed by atoms with van der Waals surface area (Å²) < 4.78 is 5.49. The molecule has 6 heteroatoms. The number of nitrogens with one attached hydrogen (secondary N) is 1. The van der Waals surface area contributed by atoms with E-state index in [1.165, 1.54) is 0 Å². The first-order valence-electron chi connectivity index (χ1n) is 9.58. The lowest BCUT2D eigenvalue weighted by atomic mass is 10.1. The first kappa shape index (κ1) is 19.8. The van der Waals surface area contributed by atoms with E-state index in [4.69, 9.17) is 4.74 Å². The van der Waals surface area contributed by atoms with Gasteiger partial charge in [-0.15, -0.1) is 11.3 Å². The quantitative estimate of drug-likeness (QED) is 0.457. The van der Waals surface area contributed by atoms with Crippen LogP contribution >= 0.6 is 11.3 Å². The van der Waals surface area contributed by atoms with Crippen LogP contribution < -0.4 is 5.32 Å². The SMILES string of the molecule is C[C@H](OC(=O)c1cc(-c2cccs2)nc2ccccc12)C(=O)NCc1ccccc1. The lowest BCUT2D eigenvalue weighted by Gasteiger charge is -2.15. The van der Waals surface area contributed by atoms with E-state index in [-0.39, 0.29) is 5.91 Å². The molecule has 0 unspecified atom stereocenters. The maximum Gasteiger partial charge on any atom is 0.339 e. The van der Waals surface area contributed by atoms with E-state index in [1.54, 1.807) is 24.3 Å². The van der Waals surface area contributed by atoms with Crippen molar-refractivity contribution in [3.8, 4) is 10.6 Å². The Morgan fingerprint density at radius 2 is 1.80 bits per heavy atom. The highest BCUT2D eigenvalue weighted by Crippen LogP contribution is 2.28. The molecular weight excluding hydrogens is 396 g/mol. The molecule has 150 valence electrons. The highest BCUT2D eigenvalue weighted by Gasteiger charge is 2.21. The molecule has 2 aromatic carbocycles. The van der Waals surface area contributed by atoms with Gasteiger partial charge < -0.3 is 10.1 Å². The minimum absolute atomic E-state index is 0.343. The highest BCUT2D eigenvalue weighted by molar-refractivity contribution is 7.13. The fraction of sp³-hybridized carbons (Fsp3) is 0.125. The number of pyridine rings is 1. The summed E-state index contributed by atoms with van der Waals surface area (Å²) in [5.74, 6) is -0.891. The summed E-state index contributed by atoms with van der Waals surface area (Å²) in [6, 6.07) is 22.6. The third kappa shape index (κ3) is 4.39. The number of thiophene rings is 1. The Morgan fingerprint density at radius 3 is 2.57 bits per heavy atom. The number of hydrogen-bond acceptors (Lipinski definition) is 5. The molecule has 0 spiro atoms. The zero-order valence-electron chi connectivity index (χ0n) is 16.4. The van der Waals surface area contributed by atoms with Crippen molar-refractivity contribution in [1.82, 2.24) is 10.3 Å². The smallest absolute Gasteiger partial charge is 0.339 e. The molecule has 4 rings (SSSR count). The molecule has 1 N–H and O–H groups in total. The fourth-order valence-corrected chi connectivity index (χ4v) is 3.79. The number of amides is 1. The van der Waals surface area contributed by atoms with Gasteiger partial charge in [0.1, 0.15) is 0 Å². The molecule has 0 aliphatic rings. The summed E-state index contributed by atoms with van der Waals surface area (Å²) in [4.78, 5) is 31.0. The maximum atomic E-state index is 12.9. The number of fused-ring (bicyclic) bond motifs is 1. The molecule has 4 aromatic rings. The summed E-state index contributed by atoms with van der Waals surface area (Å²) in [5.41, 5.74) is 2.78. The van der Waals surface area contributed by atoms with Gasteiger partial charge in [0.15, 0.2) is 6.10 Å². The lowest BCUT2D eigenvalue weighted by Crippen LogP contribution is -2.35. The molecule has 0 aliphatic carbocycles. The summed E-state index contributed by atoms with van der Waals surface area (Å²) in [6.07, 6.45) is -0.918.